The number of nitrogens with one attached hydrogen (secondary N) is 3. The minimum Gasteiger partial charge on any atom is -0.359 e. The predicted octanol–water partition coefficient (Wildman–Crippen LogP) is 2.24. The van der Waals surface area contributed by atoms with Gasteiger partial charge in [0.2, 0.25) is 5.91 Å². The van der Waals surface area contributed by atoms with Gasteiger partial charge in [0.15, 0.2) is 0 Å². The van der Waals surface area contributed by atoms with Gasteiger partial charge in [0.05, 0.1) is 23.0 Å². The van der Waals surface area contributed by atoms with E-state index in [1.807, 2.05) is 26.0 Å². The minimum absolute atomic E-state index is 0.0339. The minimum atomic E-state index is -0.503. The van der Waals surface area contributed by atoms with Gasteiger partial charge in [0.1, 0.15) is 11.9 Å². The van der Waals surface area contributed by atoms with E-state index in [1.54, 1.807) is 18.6 Å². The van der Waals surface area contributed by atoms with Crippen LogP contribution in [0, 0.1) is 0 Å². The second-order valence-electron chi connectivity index (χ2n) is 5.87. The van der Waals surface area contributed by atoms with E-state index in [4.69, 9.17) is 0 Å². The molecule has 4 rings (SSSR count). The zero-order valence-corrected chi connectivity index (χ0v) is 11.8. The lowest BCUT2D eigenvalue weighted by Crippen LogP contribution is -2.26. The fourth-order valence-corrected chi connectivity index (χ4v) is 2.81. The van der Waals surface area contributed by atoms with Crippen molar-refractivity contribution in [3.8, 4) is 0 Å². The van der Waals surface area contributed by atoms with Gasteiger partial charge in [0, 0.05) is 18.1 Å². The highest BCUT2D eigenvalue weighted by molar-refractivity contribution is 6.07. The molecule has 1 aromatic carbocycles. The molecule has 1 atom stereocenters. The number of carbonyl (C=O) groups excluding carboxylic acids is 1. The molecular formula is C15H15N5O. The number of fused-ring (bicyclic) bond motifs is 2. The Kier molecular flexibility index (Phi) is 2.28. The molecular weight excluding hydrogens is 266 g/mol. The van der Waals surface area contributed by atoms with E-state index in [0.717, 1.165) is 28.3 Å². The Hall–Kier alpha value is -2.63. The number of carbonyl (C=O) groups is 1. The molecule has 0 fully saturated rings. The third kappa shape index (κ3) is 1.68. The highest BCUT2D eigenvalue weighted by Crippen LogP contribution is 2.45. The molecule has 6 heteroatoms. The molecule has 1 unspecified atom stereocenters. The van der Waals surface area contributed by atoms with Crippen molar-refractivity contribution in [1.82, 2.24) is 9.97 Å². The summed E-state index contributed by atoms with van der Waals surface area (Å²) in [5.74, 6) is 0.0339. The predicted molar refractivity (Wildman–Crippen MR) is 80.1 cm³/mol. The van der Waals surface area contributed by atoms with Gasteiger partial charge in [-0.15, -0.1) is 0 Å². The van der Waals surface area contributed by atoms with Crippen LogP contribution in [0.3, 0.4) is 0 Å². The Morgan fingerprint density at radius 2 is 1.86 bits per heavy atom. The van der Waals surface area contributed by atoms with Crippen molar-refractivity contribution in [1.29, 1.82) is 0 Å². The van der Waals surface area contributed by atoms with E-state index >= 15 is 0 Å². The van der Waals surface area contributed by atoms with Crippen molar-refractivity contribution in [2.24, 2.45) is 0 Å². The standard InChI is InChI=1S/C15H15N5O/c1-15(2)8-5-10-11(6-9(8)20-14(15)21)19-13(18-10)12-7-16-3-4-17-12/h3-7,13,18-19H,1-2H3,(H,20,21). The van der Waals surface area contributed by atoms with Crippen LogP contribution in [0.15, 0.2) is 30.7 Å². The molecule has 0 aliphatic carbocycles. The van der Waals surface area contributed by atoms with Crippen LogP contribution in [-0.4, -0.2) is 15.9 Å². The first-order chi connectivity index (χ1) is 10.1. The molecule has 0 radical (unpaired) electrons. The molecule has 2 aliphatic heterocycles. The Labute approximate surface area is 122 Å². The Bertz CT molecular complexity index is 741. The quantitative estimate of drug-likeness (QED) is 0.747. The monoisotopic (exact) mass is 281 g/mol. The Morgan fingerprint density at radius 3 is 2.57 bits per heavy atom. The summed E-state index contributed by atoms with van der Waals surface area (Å²) in [6.45, 7) is 3.87. The van der Waals surface area contributed by atoms with Crippen molar-refractivity contribution in [2.45, 2.75) is 25.4 Å². The average Bonchev–Trinajstić information content (AvgIpc) is 2.98. The molecule has 0 saturated carbocycles. The highest BCUT2D eigenvalue weighted by Gasteiger charge is 2.40. The van der Waals surface area contributed by atoms with E-state index < -0.39 is 5.41 Å². The molecule has 1 amide bonds. The smallest absolute Gasteiger partial charge is 0.234 e. The van der Waals surface area contributed by atoms with E-state index in [0.29, 0.717) is 0 Å². The molecule has 3 heterocycles. The molecule has 0 spiro atoms. The van der Waals surface area contributed by atoms with Gasteiger partial charge in [0.25, 0.3) is 0 Å². The zero-order valence-electron chi connectivity index (χ0n) is 11.8. The third-order valence-electron chi connectivity index (χ3n) is 4.13. The van der Waals surface area contributed by atoms with E-state index in [9.17, 15) is 4.79 Å². The lowest BCUT2D eigenvalue weighted by atomic mass is 9.86. The SMILES string of the molecule is CC1(C)C(=O)Nc2cc3c(cc21)NC(c1cnccn1)N3. The number of hydrogen-bond acceptors (Lipinski definition) is 5. The lowest BCUT2D eigenvalue weighted by Gasteiger charge is -2.15. The maximum Gasteiger partial charge on any atom is 0.234 e. The molecule has 1 aromatic heterocycles. The van der Waals surface area contributed by atoms with Crippen LogP contribution in [0.25, 0.3) is 0 Å². The van der Waals surface area contributed by atoms with Gasteiger partial charge in [-0.05, 0) is 31.5 Å². The van der Waals surface area contributed by atoms with Gasteiger partial charge >= 0.3 is 0 Å². The number of hydrogen-bond donors (Lipinski definition) is 3. The van der Waals surface area contributed by atoms with Gasteiger partial charge in [-0.3, -0.25) is 14.8 Å². The van der Waals surface area contributed by atoms with E-state index in [-0.39, 0.29) is 12.1 Å². The highest BCUT2D eigenvalue weighted by atomic mass is 16.2. The number of benzene rings is 1. The molecule has 0 saturated heterocycles. The van der Waals surface area contributed by atoms with Crippen molar-refractivity contribution < 1.29 is 4.79 Å². The summed E-state index contributed by atoms with van der Waals surface area (Å²) < 4.78 is 0. The van der Waals surface area contributed by atoms with E-state index in [1.165, 1.54) is 0 Å². The summed E-state index contributed by atoms with van der Waals surface area (Å²) in [5, 5.41) is 9.68. The molecule has 2 aliphatic rings. The van der Waals surface area contributed by atoms with Crippen LogP contribution in [0.2, 0.25) is 0 Å². The number of nitrogens with zero attached hydrogens (tertiary/aromatic N) is 2. The first-order valence-electron chi connectivity index (χ1n) is 6.85. The first kappa shape index (κ1) is 12.1. The van der Waals surface area contributed by atoms with Crippen LogP contribution in [0.4, 0.5) is 17.1 Å². The summed E-state index contributed by atoms with van der Waals surface area (Å²) in [6.07, 6.45) is 4.95. The summed E-state index contributed by atoms with van der Waals surface area (Å²) in [6, 6.07) is 4.01. The molecule has 106 valence electrons. The topological polar surface area (TPSA) is 78.9 Å². The van der Waals surface area contributed by atoms with Crippen molar-refractivity contribution in [3.05, 3.63) is 42.0 Å². The number of anilines is 3. The van der Waals surface area contributed by atoms with Crippen LogP contribution in [0.1, 0.15) is 31.3 Å². The molecule has 2 aromatic rings. The van der Waals surface area contributed by atoms with Crippen LogP contribution in [-0.2, 0) is 10.2 Å². The number of amides is 1. The average molecular weight is 281 g/mol. The summed E-state index contributed by atoms with van der Waals surface area (Å²) in [5.41, 5.74) is 4.16. The number of aromatic nitrogens is 2. The van der Waals surface area contributed by atoms with Crippen LogP contribution >= 0.6 is 0 Å². The van der Waals surface area contributed by atoms with Crippen molar-refractivity contribution >= 4 is 23.0 Å². The summed E-state index contributed by atoms with van der Waals surface area (Å²) >= 11 is 0. The van der Waals surface area contributed by atoms with Gasteiger partial charge < -0.3 is 16.0 Å². The van der Waals surface area contributed by atoms with Crippen molar-refractivity contribution in [3.63, 3.8) is 0 Å². The van der Waals surface area contributed by atoms with Crippen LogP contribution < -0.4 is 16.0 Å². The molecule has 21 heavy (non-hydrogen) atoms. The largest absolute Gasteiger partial charge is 0.359 e. The number of rotatable bonds is 1. The Morgan fingerprint density at radius 1 is 1.10 bits per heavy atom. The zero-order chi connectivity index (χ0) is 14.6. The van der Waals surface area contributed by atoms with E-state index in [2.05, 4.69) is 25.9 Å². The van der Waals surface area contributed by atoms with Gasteiger partial charge in [-0.2, -0.15) is 0 Å². The fourth-order valence-electron chi connectivity index (χ4n) is 2.81. The maximum atomic E-state index is 12.0. The lowest BCUT2D eigenvalue weighted by molar-refractivity contribution is -0.119. The third-order valence-corrected chi connectivity index (χ3v) is 4.13. The fraction of sp³-hybridized carbons (Fsp3) is 0.267. The summed E-state index contributed by atoms with van der Waals surface area (Å²) in [4.78, 5) is 20.4. The normalized spacial score (nSPS) is 21.0. The molecule has 0 bridgehead atoms. The molecule has 6 nitrogen and oxygen atoms in total. The molecule has 3 N–H and O–H groups in total. The summed E-state index contributed by atoms with van der Waals surface area (Å²) in [7, 11) is 0. The first-order valence-corrected chi connectivity index (χ1v) is 6.85. The second-order valence-corrected chi connectivity index (χ2v) is 5.87. The van der Waals surface area contributed by atoms with Gasteiger partial charge in [-0.25, -0.2) is 0 Å². The van der Waals surface area contributed by atoms with Crippen molar-refractivity contribution in [2.75, 3.05) is 16.0 Å². The second kappa shape index (κ2) is 3.94. The van der Waals surface area contributed by atoms with Gasteiger partial charge in [-0.1, -0.05) is 0 Å². The van der Waals surface area contributed by atoms with Crippen LogP contribution in [0.5, 0.6) is 0 Å². The maximum absolute atomic E-state index is 12.0. The Balaban J connectivity index is 1.72.